The minimum absolute atomic E-state index is 0.00301. The first-order valence-electron chi connectivity index (χ1n) is 4.85. The van der Waals surface area contributed by atoms with E-state index in [1.807, 2.05) is 0 Å². The Hall–Kier alpha value is -1.75. The summed E-state index contributed by atoms with van der Waals surface area (Å²) in [5, 5.41) is 2.58. The molecule has 0 aliphatic heterocycles. The smallest absolute Gasteiger partial charge is 0.258 e. The van der Waals surface area contributed by atoms with Gasteiger partial charge in [0.25, 0.3) is 5.91 Å². The van der Waals surface area contributed by atoms with Gasteiger partial charge in [0, 0.05) is 6.20 Å². The molecule has 1 heterocycles. The number of carbonyl (C=O) groups is 1. The number of amides is 1. The first-order chi connectivity index (χ1) is 8.18. The van der Waals surface area contributed by atoms with Crippen molar-refractivity contribution in [2.45, 2.75) is 0 Å². The van der Waals surface area contributed by atoms with Crippen molar-refractivity contribution >= 4 is 27.5 Å². The van der Waals surface area contributed by atoms with Crippen LogP contribution in [0.2, 0.25) is 0 Å². The van der Waals surface area contributed by atoms with Gasteiger partial charge in [-0.2, -0.15) is 0 Å². The average molecular weight is 295 g/mol. The molecule has 0 spiro atoms. The van der Waals surface area contributed by atoms with Crippen molar-refractivity contribution in [3.05, 3.63) is 58.6 Å². The number of nitrogens with zero attached hydrogens (tertiary/aromatic N) is 1. The van der Waals surface area contributed by atoms with Crippen molar-refractivity contribution in [3.63, 3.8) is 0 Å². The minimum Gasteiger partial charge on any atom is -0.320 e. The summed E-state index contributed by atoms with van der Waals surface area (Å²) < 4.78 is 13.9. The highest BCUT2D eigenvalue weighted by atomic mass is 79.9. The molecule has 86 valence electrons. The van der Waals surface area contributed by atoms with Gasteiger partial charge in [-0.15, -0.1) is 0 Å². The van der Waals surface area contributed by atoms with Gasteiger partial charge < -0.3 is 5.32 Å². The fraction of sp³-hybridized carbons (Fsp3) is 0. The zero-order valence-electron chi connectivity index (χ0n) is 8.65. The predicted molar refractivity (Wildman–Crippen MR) is 66.3 cm³/mol. The van der Waals surface area contributed by atoms with E-state index in [-0.39, 0.29) is 5.56 Å². The van der Waals surface area contributed by atoms with Gasteiger partial charge in [0.05, 0.1) is 11.3 Å². The monoisotopic (exact) mass is 294 g/mol. The number of halogens is 2. The molecule has 0 saturated heterocycles. The van der Waals surface area contributed by atoms with Crippen molar-refractivity contribution in [2.24, 2.45) is 0 Å². The summed E-state index contributed by atoms with van der Waals surface area (Å²) in [4.78, 5) is 15.7. The Morgan fingerprint density at radius 2 is 2.00 bits per heavy atom. The lowest BCUT2D eigenvalue weighted by atomic mass is 10.2. The molecule has 0 atom stereocenters. The van der Waals surface area contributed by atoms with Gasteiger partial charge in [-0.05, 0) is 40.2 Å². The summed E-state index contributed by atoms with van der Waals surface area (Å²) in [5.41, 5.74) is 0.504. The molecule has 0 fully saturated rings. The van der Waals surface area contributed by atoms with Crippen LogP contribution in [-0.4, -0.2) is 10.9 Å². The lowest BCUT2D eigenvalue weighted by Crippen LogP contribution is -2.14. The molecule has 2 rings (SSSR count). The second kappa shape index (κ2) is 5.05. The van der Waals surface area contributed by atoms with E-state index < -0.39 is 11.7 Å². The van der Waals surface area contributed by atoms with Gasteiger partial charge in [0.2, 0.25) is 0 Å². The SMILES string of the molecule is O=C(Nc1cccnc1Br)c1ccccc1F. The van der Waals surface area contributed by atoms with Crippen molar-refractivity contribution in [2.75, 3.05) is 5.32 Å². The van der Waals surface area contributed by atoms with Crippen molar-refractivity contribution in [3.8, 4) is 0 Å². The van der Waals surface area contributed by atoms with Crippen LogP contribution in [0.5, 0.6) is 0 Å². The second-order valence-corrected chi connectivity index (χ2v) is 4.03. The molecule has 1 aromatic carbocycles. The van der Waals surface area contributed by atoms with E-state index >= 15 is 0 Å². The Labute approximate surface area is 106 Å². The van der Waals surface area contributed by atoms with E-state index in [0.717, 1.165) is 0 Å². The molecule has 0 aliphatic carbocycles. The van der Waals surface area contributed by atoms with Crippen molar-refractivity contribution in [1.82, 2.24) is 4.98 Å². The number of rotatable bonds is 2. The predicted octanol–water partition coefficient (Wildman–Crippen LogP) is 3.24. The Morgan fingerprint density at radius 1 is 1.24 bits per heavy atom. The molecule has 17 heavy (non-hydrogen) atoms. The molecule has 0 aliphatic rings. The van der Waals surface area contributed by atoms with E-state index in [0.29, 0.717) is 10.3 Å². The number of hydrogen-bond acceptors (Lipinski definition) is 2. The minimum atomic E-state index is -0.551. The first kappa shape index (κ1) is 11.7. The Kier molecular flexibility index (Phi) is 3.49. The lowest BCUT2D eigenvalue weighted by Gasteiger charge is -2.06. The number of benzene rings is 1. The Bertz CT molecular complexity index is 560. The summed E-state index contributed by atoms with van der Waals surface area (Å²) in [7, 11) is 0. The summed E-state index contributed by atoms with van der Waals surface area (Å²) in [5.74, 6) is -1.05. The average Bonchev–Trinajstić information content (AvgIpc) is 2.32. The summed E-state index contributed by atoms with van der Waals surface area (Å²) >= 11 is 3.20. The van der Waals surface area contributed by atoms with Crippen LogP contribution in [0.25, 0.3) is 0 Å². The number of nitrogens with one attached hydrogen (secondary N) is 1. The summed E-state index contributed by atoms with van der Waals surface area (Å²) in [6, 6.07) is 9.17. The third-order valence-electron chi connectivity index (χ3n) is 2.13. The largest absolute Gasteiger partial charge is 0.320 e. The van der Waals surface area contributed by atoms with Gasteiger partial charge in [0.1, 0.15) is 10.4 Å². The Morgan fingerprint density at radius 3 is 2.71 bits per heavy atom. The first-order valence-corrected chi connectivity index (χ1v) is 5.64. The third-order valence-corrected chi connectivity index (χ3v) is 2.76. The molecule has 5 heteroatoms. The highest BCUT2D eigenvalue weighted by molar-refractivity contribution is 9.10. The standard InChI is InChI=1S/C12H8BrFN2O/c13-11-10(6-3-7-15-11)16-12(17)8-4-1-2-5-9(8)14/h1-7H,(H,16,17). The van der Waals surface area contributed by atoms with Gasteiger partial charge >= 0.3 is 0 Å². The lowest BCUT2D eigenvalue weighted by molar-refractivity contribution is 0.102. The highest BCUT2D eigenvalue weighted by Gasteiger charge is 2.12. The van der Waals surface area contributed by atoms with Gasteiger partial charge in [-0.25, -0.2) is 9.37 Å². The quantitative estimate of drug-likeness (QED) is 0.864. The van der Waals surface area contributed by atoms with E-state index in [4.69, 9.17) is 0 Å². The maximum absolute atomic E-state index is 13.4. The maximum atomic E-state index is 13.4. The molecular weight excluding hydrogens is 287 g/mol. The van der Waals surface area contributed by atoms with Crippen LogP contribution in [0.4, 0.5) is 10.1 Å². The molecule has 0 bridgehead atoms. The maximum Gasteiger partial charge on any atom is 0.258 e. The van der Waals surface area contributed by atoms with Crippen LogP contribution in [-0.2, 0) is 0 Å². The molecule has 3 nitrogen and oxygen atoms in total. The second-order valence-electron chi connectivity index (χ2n) is 3.28. The molecule has 1 amide bonds. The van der Waals surface area contributed by atoms with Crippen LogP contribution >= 0.6 is 15.9 Å². The van der Waals surface area contributed by atoms with Gasteiger partial charge in [-0.1, -0.05) is 12.1 Å². The number of hydrogen-bond donors (Lipinski definition) is 1. The topological polar surface area (TPSA) is 42.0 Å². The number of anilines is 1. The van der Waals surface area contributed by atoms with Crippen LogP contribution < -0.4 is 5.32 Å². The molecule has 0 radical (unpaired) electrons. The van der Waals surface area contributed by atoms with Gasteiger partial charge in [0.15, 0.2) is 0 Å². The van der Waals surface area contributed by atoms with Crippen LogP contribution in [0.3, 0.4) is 0 Å². The van der Waals surface area contributed by atoms with Gasteiger partial charge in [-0.3, -0.25) is 4.79 Å². The molecular formula is C12H8BrFN2O. The van der Waals surface area contributed by atoms with Crippen LogP contribution in [0, 0.1) is 5.82 Å². The van der Waals surface area contributed by atoms with E-state index in [2.05, 4.69) is 26.2 Å². The van der Waals surface area contributed by atoms with Crippen LogP contribution in [0.1, 0.15) is 10.4 Å². The molecule has 0 saturated carbocycles. The number of pyridine rings is 1. The van der Waals surface area contributed by atoms with E-state index in [1.165, 1.54) is 18.2 Å². The molecule has 1 N–H and O–H groups in total. The highest BCUT2D eigenvalue weighted by Crippen LogP contribution is 2.19. The normalized spacial score (nSPS) is 10.0. The zero-order chi connectivity index (χ0) is 12.3. The van der Waals surface area contributed by atoms with Crippen LogP contribution in [0.15, 0.2) is 47.2 Å². The molecule has 0 unspecified atom stereocenters. The third kappa shape index (κ3) is 2.68. The zero-order valence-corrected chi connectivity index (χ0v) is 10.2. The molecule has 1 aromatic heterocycles. The van der Waals surface area contributed by atoms with Crippen molar-refractivity contribution in [1.29, 1.82) is 0 Å². The Balaban J connectivity index is 2.24. The fourth-order valence-corrected chi connectivity index (χ4v) is 1.66. The number of aromatic nitrogens is 1. The number of carbonyl (C=O) groups excluding carboxylic acids is 1. The van der Waals surface area contributed by atoms with E-state index in [9.17, 15) is 9.18 Å². The molecule has 2 aromatic rings. The fourth-order valence-electron chi connectivity index (χ4n) is 1.31. The van der Waals surface area contributed by atoms with E-state index in [1.54, 1.807) is 24.4 Å². The summed E-state index contributed by atoms with van der Waals surface area (Å²) in [6.45, 7) is 0. The van der Waals surface area contributed by atoms with Crippen molar-refractivity contribution < 1.29 is 9.18 Å². The summed E-state index contributed by atoms with van der Waals surface area (Å²) in [6.07, 6.45) is 1.59.